The Labute approximate surface area is 152 Å². The van der Waals surface area contributed by atoms with Crippen molar-refractivity contribution in [3.63, 3.8) is 0 Å². The number of pyridine rings is 1. The minimum Gasteiger partial charge on any atom is -0.459 e. The molecule has 0 aliphatic heterocycles. The second-order valence-corrected chi connectivity index (χ2v) is 7.47. The summed E-state index contributed by atoms with van der Waals surface area (Å²) in [6.45, 7) is 1.90. The average molecular weight is 353 g/mol. The van der Waals surface area contributed by atoms with Crippen LogP contribution >= 0.6 is 0 Å². The van der Waals surface area contributed by atoms with Gasteiger partial charge in [-0.15, -0.1) is 0 Å². The Morgan fingerprint density at radius 3 is 2.27 bits per heavy atom. The largest absolute Gasteiger partial charge is 0.459 e. The lowest BCUT2D eigenvalue weighted by molar-refractivity contribution is 0.0908. The molecule has 2 aliphatic carbocycles. The van der Waals surface area contributed by atoms with E-state index in [1.165, 1.54) is 6.26 Å². The van der Waals surface area contributed by atoms with Crippen LogP contribution in [0.2, 0.25) is 0 Å². The summed E-state index contributed by atoms with van der Waals surface area (Å²) in [6.07, 6.45) is 8.77. The van der Waals surface area contributed by atoms with Crippen molar-refractivity contribution in [1.29, 1.82) is 0 Å². The Morgan fingerprint density at radius 1 is 1.04 bits per heavy atom. The number of nitrogens with zero attached hydrogens (tertiary/aromatic N) is 1. The molecule has 2 aromatic heterocycles. The molecule has 0 spiro atoms. The molecule has 0 saturated heterocycles. The number of carbonyl (C=O) groups is 2. The van der Waals surface area contributed by atoms with Crippen molar-refractivity contribution in [2.75, 3.05) is 0 Å². The number of hydrogen-bond acceptors (Lipinski definition) is 4. The third kappa shape index (κ3) is 3.36. The fraction of sp³-hybridized carbons (Fsp3) is 0.450. The summed E-state index contributed by atoms with van der Waals surface area (Å²) < 4.78 is 5.15. The van der Waals surface area contributed by atoms with Crippen LogP contribution < -0.4 is 10.6 Å². The van der Waals surface area contributed by atoms with E-state index in [1.807, 2.05) is 6.92 Å². The van der Waals surface area contributed by atoms with E-state index in [2.05, 4.69) is 15.6 Å². The fourth-order valence-corrected chi connectivity index (χ4v) is 4.51. The van der Waals surface area contributed by atoms with Crippen LogP contribution in [0.5, 0.6) is 0 Å². The van der Waals surface area contributed by atoms with Crippen LogP contribution in [0.3, 0.4) is 0 Å². The molecule has 2 aliphatic rings. The number of nitrogens with one attached hydrogen (secondary N) is 2. The molecule has 0 bridgehead atoms. The van der Waals surface area contributed by atoms with Gasteiger partial charge in [0, 0.05) is 30.0 Å². The number of furan rings is 1. The van der Waals surface area contributed by atoms with Gasteiger partial charge < -0.3 is 15.1 Å². The van der Waals surface area contributed by atoms with Crippen LogP contribution in [0.1, 0.15) is 52.2 Å². The van der Waals surface area contributed by atoms with Gasteiger partial charge >= 0.3 is 0 Å². The Kier molecular flexibility index (Phi) is 4.49. The maximum atomic E-state index is 12.5. The lowest BCUT2D eigenvalue weighted by Crippen LogP contribution is -2.36. The Bertz CT molecular complexity index is 788. The number of aryl methyl sites for hydroxylation is 1. The lowest BCUT2D eigenvalue weighted by atomic mass is 10.0. The van der Waals surface area contributed by atoms with E-state index in [4.69, 9.17) is 4.42 Å². The molecule has 6 heteroatoms. The minimum absolute atomic E-state index is 0.0162. The number of carbonyl (C=O) groups excluding carboxylic acids is 2. The molecule has 2 aromatic rings. The number of amides is 2. The molecule has 2 unspecified atom stereocenters. The van der Waals surface area contributed by atoms with Crippen molar-refractivity contribution in [2.45, 2.75) is 44.7 Å². The molecule has 0 radical (unpaired) electrons. The summed E-state index contributed by atoms with van der Waals surface area (Å²) in [7, 11) is 0. The molecule has 4 atom stereocenters. The lowest BCUT2D eigenvalue weighted by Gasteiger charge is -2.17. The van der Waals surface area contributed by atoms with Gasteiger partial charge in [0.05, 0.1) is 6.26 Å². The zero-order valence-corrected chi connectivity index (χ0v) is 14.8. The zero-order valence-electron chi connectivity index (χ0n) is 14.8. The maximum absolute atomic E-state index is 12.5. The van der Waals surface area contributed by atoms with Crippen LogP contribution in [0, 0.1) is 18.8 Å². The molecule has 4 rings (SSSR count). The third-order valence-corrected chi connectivity index (χ3v) is 5.70. The first-order valence-electron chi connectivity index (χ1n) is 9.16. The highest BCUT2D eigenvalue weighted by Gasteiger charge is 2.42. The summed E-state index contributed by atoms with van der Waals surface area (Å²) in [6, 6.07) is 5.57. The van der Waals surface area contributed by atoms with E-state index in [9.17, 15) is 9.59 Å². The van der Waals surface area contributed by atoms with Crippen molar-refractivity contribution < 1.29 is 14.0 Å². The Morgan fingerprint density at radius 2 is 1.69 bits per heavy atom. The number of fused-ring (bicyclic) bond motifs is 1. The van der Waals surface area contributed by atoms with Crippen molar-refractivity contribution in [2.24, 2.45) is 11.8 Å². The van der Waals surface area contributed by atoms with E-state index in [1.54, 1.807) is 30.6 Å². The van der Waals surface area contributed by atoms with Gasteiger partial charge in [0.2, 0.25) is 0 Å². The molecule has 2 heterocycles. The van der Waals surface area contributed by atoms with Gasteiger partial charge in [0.1, 0.15) is 0 Å². The van der Waals surface area contributed by atoms with E-state index >= 15 is 0 Å². The Balaban J connectivity index is 1.29. The van der Waals surface area contributed by atoms with Crippen molar-refractivity contribution in [3.05, 3.63) is 53.7 Å². The maximum Gasteiger partial charge on any atom is 0.287 e. The molecule has 6 nitrogen and oxygen atoms in total. The quantitative estimate of drug-likeness (QED) is 0.885. The number of rotatable bonds is 4. The minimum atomic E-state index is -0.141. The molecule has 26 heavy (non-hydrogen) atoms. The first-order chi connectivity index (χ1) is 12.6. The summed E-state index contributed by atoms with van der Waals surface area (Å²) in [5, 5.41) is 6.25. The summed E-state index contributed by atoms with van der Waals surface area (Å²) in [4.78, 5) is 28.6. The van der Waals surface area contributed by atoms with Crippen molar-refractivity contribution in [1.82, 2.24) is 15.6 Å². The predicted molar refractivity (Wildman–Crippen MR) is 95.6 cm³/mol. The predicted octanol–water partition coefficient (Wildman–Crippen LogP) is 2.70. The fourth-order valence-electron chi connectivity index (χ4n) is 4.51. The average Bonchev–Trinajstić information content (AvgIpc) is 3.31. The van der Waals surface area contributed by atoms with Crippen LogP contribution in [0.4, 0.5) is 0 Å². The SMILES string of the molecule is Cc1cnccc1C(=O)NC1C[C@H]2CC(NC(=O)c3ccco3)C[C@H]2C1. The van der Waals surface area contributed by atoms with E-state index in [0.717, 1.165) is 31.2 Å². The second kappa shape index (κ2) is 6.94. The third-order valence-electron chi connectivity index (χ3n) is 5.70. The standard InChI is InChI=1S/C20H23N3O3/c1-12-11-21-5-4-17(12)19(24)22-15-7-13-9-16(10-14(13)8-15)23-20(25)18-3-2-6-26-18/h2-6,11,13-16H,7-10H2,1H3,(H,22,24)(H,23,25)/t13-,14+,15?,16?. The van der Waals surface area contributed by atoms with Crippen LogP contribution in [-0.2, 0) is 0 Å². The summed E-state index contributed by atoms with van der Waals surface area (Å²) in [5.74, 6) is 1.32. The molecule has 2 amide bonds. The monoisotopic (exact) mass is 353 g/mol. The smallest absolute Gasteiger partial charge is 0.287 e. The molecule has 0 aromatic carbocycles. The first-order valence-corrected chi connectivity index (χ1v) is 9.16. The van der Waals surface area contributed by atoms with E-state index in [0.29, 0.717) is 23.2 Å². The van der Waals surface area contributed by atoms with Gasteiger partial charge in [0.15, 0.2) is 5.76 Å². The number of hydrogen-bond donors (Lipinski definition) is 2. The highest BCUT2D eigenvalue weighted by Crippen LogP contribution is 2.44. The molecule has 2 saturated carbocycles. The van der Waals surface area contributed by atoms with Crippen LogP contribution in [-0.4, -0.2) is 28.9 Å². The Hall–Kier alpha value is -2.63. The van der Waals surface area contributed by atoms with Crippen LogP contribution in [0.15, 0.2) is 41.3 Å². The topological polar surface area (TPSA) is 84.2 Å². The molecule has 2 fully saturated rings. The highest BCUT2D eigenvalue weighted by atomic mass is 16.3. The van der Waals surface area contributed by atoms with Crippen LogP contribution in [0.25, 0.3) is 0 Å². The normalized spacial score (nSPS) is 27.1. The van der Waals surface area contributed by atoms with Gasteiger partial charge in [-0.25, -0.2) is 0 Å². The van der Waals surface area contributed by atoms with E-state index < -0.39 is 0 Å². The van der Waals surface area contributed by atoms with Gasteiger partial charge in [-0.1, -0.05) is 0 Å². The number of aromatic nitrogens is 1. The van der Waals surface area contributed by atoms with Gasteiger partial charge in [-0.2, -0.15) is 0 Å². The first kappa shape index (κ1) is 16.8. The van der Waals surface area contributed by atoms with Gasteiger partial charge in [0.25, 0.3) is 11.8 Å². The second-order valence-electron chi connectivity index (χ2n) is 7.47. The van der Waals surface area contributed by atoms with Crippen molar-refractivity contribution in [3.8, 4) is 0 Å². The van der Waals surface area contributed by atoms with Gasteiger partial charge in [-0.3, -0.25) is 14.6 Å². The van der Waals surface area contributed by atoms with Gasteiger partial charge in [-0.05, 0) is 68.2 Å². The van der Waals surface area contributed by atoms with Crippen molar-refractivity contribution >= 4 is 11.8 Å². The molecule has 136 valence electrons. The highest BCUT2D eigenvalue weighted by molar-refractivity contribution is 5.95. The molecular weight excluding hydrogens is 330 g/mol. The molecule has 2 N–H and O–H groups in total. The zero-order chi connectivity index (χ0) is 18.1. The van der Waals surface area contributed by atoms with E-state index in [-0.39, 0.29) is 23.9 Å². The molecular formula is C20H23N3O3. The summed E-state index contributed by atoms with van der Waals surface area (Å²) in [5.41, 5.74) is 1.59. The summed E-state index contributed by atoms with van der Waals surface area (Å²) >= 11 is 0.